The minimum atomic E-state index is -1.11. The van der Waals surface area contributed by atoms with Crippen molar-refractivity contribution in [1.82, 2.24) is 20.1 Å². The van der Waals surface area contributed by atoms with Gasteiger partial charge in [0.15, 0.2) is 5.43 Å². The van der Waals surface area contributed by atoms with Crippen molar-refractivity contribution in [2.45, 2.75) is 25.8 Å². The van der Waals surface area contributed by atoms with Crippen LogP contribution in [-0.2, 0) is 14.3 Å². The van der Waals surface area contributed by atoms with Crippen molar-refractivity contribution < 1.29 is 29.0 Å². The quantitative estimate of drug-likeness (QED) is 0.511. The highest BCUT2D eigenvalue weighted by Crippen LogP contribution is 2.15. The Hall–Kier alpha value is -4.15. The summed E-state index contributed by atoms with van der Waals surface area (Å²) in [7, 11) is 0. The highest BCUT2D eigenvalue weighted by atomic mass is 16.6. The third kappa shape index (κ3) is 6.92. The van der Waals surface area contributed by atoms with Crippen LogP contribution in [0.5, 0.6) is 0 Å². The molecule has 3 amide bonds. The largest absolute Gasteiger partial charge is 0.481 e. The van der Waals surface area contributed by atoms with E-state index in [1.165, 1.54) is 15.9 Å². The van der Waals surface area contributed by atoms with E-state index in [1.54, 1.807) is 31.2 Å². The van der Waals surface area contributed by atoms with E-state index >= 15 is 0 Å². The SMILES string of the molecule is CCOC(=O)N1CCN(C(=O)[C@H](CCC(=O)O)NC(=O)c2cc(=O)cc(-c3ccccc3)[nH]2)CC1. The number of pyridine rings is 1. The van der Waals surface area contributed by atoms with Crippen molar-refractivity contribution in [2.24, 2.45) is 0 Å². The van der Waals surface area contributed by atoms with Crippen molar-refractivity contribution in [3.05, 3.63) is 58.4 Å². The molecule has 1 fully saturated rings. The van der Waals surface area contributed by atoms with Gasteiger partial charge in [-0.15, -0.1) is 0 Å². The van der Waals surface area contributed by atoms with Crippen LogP contribution in [0.4, 0.5) is 4.79 Å². The van der Waals surface area contributed by atoms with Crippen LogP contribution in [-0.4, -0.2) is 82.6 Å². The highest BCUT2D eigenvalue weighted by molar-refractivity contribution is 5.96. The Morgan fingerprint density at radius 1 is 1.06 bits per heavy atom. The first-order chi connectivity index (χ1) is 16.8. The molecule has 35 heavy (non-hydrogen) atoms. The summed E-state index contributed by atoms with van der Waals surface area (Å²) in [6.45, 7) is 2.91. The van der Waals surface area contributed by atoms with Gasteiger partial charge in [0.25, 0.3) is 5.91 Å². The molecular formula is C24H28N4O7. The zero-order chi connectivity index (χ0) is 25.4. The summed E-state index contributed by atoms with van der Waals surface area (Å²) in [5, 5.41) is 11.7. The molecular weight excluding hydrogens is 456 g/mol. The summed E-state index contributed by atoms with van der Waals surface area (Å²) in [5.41, 5.74) is 0.705. The van der Waals surface area contributed by atoms with E-state index in [-0.39, 0.29) is 51.3 Å². The third-order valence-corrected chi connectivity index (χ3v) is 5.54. The third-order valence-electron chi connectivity index (χ3n) is 5.54. The molecule has 1 aromatic carbocycles. The van der Waals surface area contributed by atoms with E-state index in [4.69, 9.17) is 9.84 Å². The van der Waals surface area contributed by atoms with E-state index in [0.717, 1.165) is 6.07 Å². The molecule has 0 bridgehead atoms. The number of nitrogens with one attached hydrogen (secondary N) is 2. The second kappa shape index (κ2) is 11.8. The van der Waals surface area contributed by atoms with Crippen LogP contribution in [0, 0.1) is 0 Å². The average molecular weight is 485 g/mol. The maximum atomic E-state index is 13.1. The highest BCUT2D eigenvalue weighted by Gasteiger charge is 2.31. The number of hydrogen-bond donors (Lipinski definition) is 3. The van der Waals surface area contributed by atoms with Crippen LogP contribution < -0.4 is 10.7 Å². The Morgan fingerprint density at radius 3 is 2.34 bits per heavy atom. The van der Waals surface area contributed by atoms with Crippen LogP contribution in [0.2, 0.25) is 0 Å². The minimum Gasteiger partial charge on any atom is -0.481 e. The number of piperazine rings is 1. The summed E-state index contributed by atoms with van der Waals surface area (Å²) in [4.78, 5) is 67.2. The topological polar surface area (TPSA) is 149 Å². The van der Waals surface area contributed by atoms with Crippen molar-refractivity contribution in [3.8, 4) is 11.3 Å². The molecule has 11 heteroatoms. The Balaban J connectivity index is 1.74. The van der Waals surface area contributed by atoms with Gasteiger partial charge in [-0.05, 0) is 18.9 Å². The predicted octanol–water partition coefficient (Wildman–Crippen LogP) is 1.31. The minimum absolute atomic E-state index is 0.0448. The molecule has 2 aromatic rings. The molecule has 0 saturated carbocycles. The standard InChI is InChI=1S/C24H28N4O7/c1-2-35-24(34)28-12-10-27(11-13-28)23(33)18(8-9-21(30)31)26-22(32)20-15-17(29)14-19(25-20)16-6-4-3-5-7-16/h3-7,14-15,18H,2,8-13H2,1H3,(H,25,29)(H,26,32)(H,30,31)/t18-/m0/s1. The number of aromatic nitrogens is 1. The second-order valence-electron chi connectivity index (χ2n) is 7.98. The van der Waals surface area contributed by atoms with Crippen LogP contribution in [0.3, 0.4) is 0 Å². The number of carboxylic acid groups (broad SMARTS) is 1. The van der Waals surface area contributed by atoms with Gasteiger partial charge in [0.2, 0.25) is 5.91 Å². The lowest BCUT2D eigenvalue weighted by atomic mass is 10.1. The van der Waals surface area contributed by atoms with Crippen LogP contribution in [0.25, 0.3) is 11.3 Å². The fourth-order valence-corrected chi connectivity index (χ4v) is 3.74. The number of carbonyl (C=O) groups is 4. The van der Waals surface area contributed by atoms with Crippen molar-refractivity contribution in [3.63, 3.8) is 0 Å². The maximum absolute atomic E-state index is 13.1. The van der Waals surface area contributed by atoms with Crippen LogP contribution in [0.15, 0.2) is 47.3 Å². The number of H-pyrrole nitrogens is 1. The molecule has 1 aliphatic rings. The molecule has 3 rings (SSSR count). The van der Waals surface area contributed by atoms with Gasteiger partial charge in [-0.2, -0.15) is 0 Å². The smallest absolute Gasteiger partial charge is 0.409 e. The summed E-state index contributed by atoms with van der Waals surface area (Å²) in [6, 6.07) is 10.3. The molecule has 1 saturated heterocycles. The zero-order valence-electron chi connectivity index (χ0n) is 19.4. The molecule has 0 aliphatic carbocycles. The van der Waals surface area contributed by atoms with Gasteiger partial charge in [0, 0.05) is 50.4 Å². The molecule has 11 nitrogen and oxygen atoms in total. The van der Waals surface area contributed by atoms with Crippen LogP contribution >= 0.6 is 0 Å². The van der Waals surface area contributed by atoms with E-state index in [0.29, 0.717) is 11.3 Å². The number of hydrogen-bond acceptors (Lipinski definition) is 6. The summed E-state index contributed by atoms with van der Waals surface area (Å²) in [5.74, 6) is -2.26. The molecule has 1 aromatic heterocycles. The van der Waals surface area contributed by atoms with Crippen molar-refractivity contribution in [1.29, 1.82) is 0 Å². The molecule has 0 spiro atoms. The molecule has 186 valence electrons. The first-order valence-corrected chi connectivity index (χ1v) is 11.3. The molecule has 0 unspecified atom stereocenters. The van der Waals surface area contributed by atoms with E-state index in [9.17, 15) is 24.0 Å². The van der Waals surface area contributed by atoms with Gasteiger partial charge < -0.3 is 29.9 Å². The monoisotopic (exact) mass is 484 g/mol. The number of aromatic amines is 1. The molecule has 3 N–H and O–H groups in total. The van der Waals surface area contributed by atoms with Crippen molar-refractivity contribution >= 4 is 23.9 Å². The normalized spacial score (nSPS) is 14.2. The van der Waals surface area contributed by atoms with Gasteiger partial charge in [-0.1, -0.05) is 30.3 Å². The molecule has 1 atom stereocenters. The summed E-state index contributed by atoms with van der Waals surface area (Å²) < 4.78 is 4.97. The number of carboxylic acids is 1. The van der Waals surface area contributed by atoms with Gasteiger partial charge >= 0.3 is 12.1 Å². The zero-order valence-corrected chi connectivity index (χ0v) is 19.4. The van der Waals surface area contributed by atoms with Crippen LogP contribution in [0.1, 0.15) is 30.3 Å². The van der Waals surface area contributed by atoms with Crippen molar-refractivity contribution in [2.75, 3.05) is 32.8 Å². The number of benzene rings is 1. The summed E-state index contributed by atoms with van der Waals surface area (Å²) in [6.07, 6.45) is -0.918. The second-order valence-corrected chi connectivity index (χ2v) is 7.98. The molecule has 0 radical (unpaired) electrons. The van der Waals surface area contributed by atoms with Gasteiger partial charge in [0.1, 0.15) is 11.7 Å². The Kier molecular flexibility index (Phi) is 8.60. The number of ether oxygens (including phenoxy) is 1. The fourth-order valence-electron chi connectivity index (χ4n) is 3.74. The first kappa shape index (κ1) is 25.5. The lowest BCUT2D eigenvalue weighted by molar-refractivity contribution is -0.138. The Bertz CT molecular complexity index is 1120. The number of amides is 3. The fraction of sp³-hybridized carbons (Fsp3) is 0.375. The maximum Gasteiger partial charge on any atom is 0.409 e. The number of aliphatic carboxylic acids is 1. The van der Waals surface area contributed by atoms with E-state index < -0.39 is 35.3 Å². The Morgan fingerprint density at radius 2 is 1.71 bits per heavy atom. The summed E-state index contributed by atoms with van der Waals surface area (Å²) >= 11 is 0. The Labute approximate surface area is 201 Å². The first-order valence-electron chi connectivity index (χ1n) is 11.3. The van der Waals surface area contributed by atoms with Gasteiger partial charge in [-0.25, -0.2) is 4.79 Å². The number of rotatable bonds is 8. The number of nitrogens with zero attached hydrogens (tertiary/aromatic N) is 2. The molecule has 2 heterocycles. The van der Waals surface area contributed by atoms with Gasteiger partial charge in [-0.3, -0.25) is 19.2 Å². The van der Waals surface area contributed by atoms with E-state index in [1.807, 2.05) is 6.07 Å². The van der Waals surface area contributed by atoms with E-state index in [2.05, 4.69) is 10.3 Å². The molecule has 1 aliphatic heterocycles. The average Bonchev–Trinajstić information content (AvgIpc) is 2.86. The predicted molar refractivity (Wildman–Crippen MR) is 126 cm³/mol. The lowest BCUT2D eigenvalue weighted by Gasteiger charge is -2.35. The number of carbonyl (C=O) groups excluding carboxylic acids is 3. The van der Waals surface area contributed by atoms with Gasteiger partial charge in [0.05, 0.1) is 6.61 Å². The lowest BCUT2D eigenvalue weighted by Crippen LogP contribution is -2.56.